The average Bonchev–Trinajstić information content (AvgIpc) is 3.70. The summed E-state index contributed by atoms with van der Waals surface area (Å²) in [7, 11) is 0. The Balaban J connectivity index is 1.01. The SMILES string of the molecule is c1ccc(-c2ccc(N(c3ccc(-c4ccc5c(c4)C(c4ccccc4)(c4ccccc4)c4ccccc4-5)cc3)c3ccccc3-c3cccc4cccc(-c5ccccc5)c34)cc2)cc1. The molecule has 66 heavy (non-hydrogen) atoms. The normalized spacial score (nSPS) is 12.4. The van der Waals surface area contributed by atoms with Gasteiger partial charge in [-0.05, 0) is 119 Å². The topological polar surface area (TPSA) is 3.24 Å². The van der Waals surface area contributed by atoms with Gasteiger partial charge in [0.15, 0.2) is 0 Å². The maximum Gasteiger partial charge on any atom is 0.0713 e. The van der Waals surface area contributed by atoms with Crippen LogP contribution in [-0.4, -0.2) is 0 Å². The van der Waals surface area contributed by atoms with E-state index < -0.39 is 5.41 Å². The third kappa shape index (κ3) is 6.56. The Hall–Kier alpha value is -8.52. The highest BCUT2D eigenvalue weighted by Gasteiger charge is 2.46. The van der Waals surface area contributed by atoms with E-state index in [2.05, 4.69) is 278 Å². The second kappa shape index (κ2) is 16.6. The van der Waals surface area contributed by atoms with Crippen LogP contribution in [0.2, 0.25) is 0 Å². The van der Waals surface area contributed by atoms with E-state index in [9.17, 15) is 0 Å². The quantitative estimate of drug-likeness (QED) is 0.140. The molecule has 0 aliphatic heterocycles. The minimum atomic E-state index is -0.460. The smallest absolute Gasteiger partial charge is 0.0713 e. The number of fused-ring (bicyclic) bond motifs is 4. The largest absolute Gasteiger partial charge is 0.310 e. The Bertz CT molecular complexity index is 3440. The first-order valence-corrected chi connectivity index (χ1v) is 22.8. The summed E-state index contributed by atoms with van der Waals surface area (Å²) < 4.78 is 0. The van der Waals surface area contributed by atoms with Crippen molar-refractivity contribution in [3.8, 4) is 55.6 Å². The van der Waals surface area contributed by atoms with Crippen molar-refractivity contribution < 1.29 is 0 Å². The summed E-state index contributed by atoms with van der Waals surface area (Å²) in [6.45, 7) is 0. The van der Waals surface area contributed by atoms with Gasteiger partial charge in [-0.25, -0.2) is 0 Å². The molecule has 0 atom stereocenters. The van der Waals surface area contributed by atoms with Crippen molar-refractivity contribution in [2.24, 2.45) is 0 Å². The summed E-state index contributed by atoms with van der Waals surface area (Å²) in [4.78, 5) is 2.42. The summed E-state index contributed by atoms with van der Waals surface area (Å²) in [5, 5.41) is 2.46. The molecular formula is C65H45N. The minimum absolute atomic E-state index is 0.460. The second-order valence-electron chi connectivity index (χ2n) is 17.2. The molecule has 1 aliphatic rings. The van der Waals surface area contributed by atoms with Gasteiger partial charge in [-0.3, -0.25) is 0 Å². The van der Waals surface area contributed by atoms with Crippen LogP contribution < -0.4 is 4.90 Å². The monoisotopic (exact) mass is 839 g/mol. The van der Waals surface area contributed by atoms with Crippen molar-refractivity contribution in [2.45, 2.75) is 5.41 Å². The van der Waals surface area contributed by atoms with Crippen LogP contribution in [0.1, 0.15) is 22.3 Å². The van der Waals surface area contributed by atoms with Gasteiger partial charge in [0.05, 0.1) is 11.1 Å². The fourth-order valence-electron chi connectivity index (χ4n) is 10.6. The fourth-order valence-corrected chi connectivity index (χ4v) is 10.6. The van der Waals surface area contributed by atoms with Gasteiger partial charge in [0.2, 0.25) is 0 Å². The van der Waals surface area contributed by atoms with E-state index in [1.54, 1.807) is 0 Å². The molecule has 0 heterocycles. The third-order valence-corrected chi connectivity index (χ3v) is 13.6. The van der Waals surface area contributed by atoms with Crippen LogP contribution in [0.4, 0.5) is 17.1 Å². The lowest BCUT2D eigenvalue weighted by Gasteiger charge is -2.34. The van der Waals surface area contributed by atoms with Crippen LogP contribution in [0.15, 0.2) is 273 Å². The summed E-state index contributed by atoms with van der Waals surface area (Å²) in [6.07, 6.45) is 0. The van der Waals surface area contributed by atoms with Gasteiger partial charge >= 0.3 is 0 Å². The molecule has 0 saturated heterocycles. The van der Waals surface area contributed by atoms with Crippen LogP contribution >= 0.6 is 0 Å². The maximum atomic E-state index is 2.45. The Morgan fingerprint density at radius 3 is 1.32 bits per heavy atom. The van der Waals surface area contributed by atoms with Gasteiger partial charge in [-0.1, -0.05) is 237 Å². The van der Waals surface area contributed by atoms with Gasteiger partial charge in [-0.2, -0.15) is 0 Å². The van der Waals surface area contributed by atoms with Gasteiger partial charge in [-0.15, -0.1) is 0 Å². The van der Waals surface area contributed by atoms with Crippen molar-refractivity contribution in [1.29, 1.82) is 0 Å². The molecule has 11 aromatic rings. The van der Waals surface area contributed by atoms with Crippen LogP contribution in [0.25, 0.3) is 66.4 Å². The van der Waals surface area contributed by atoms with Crippen molar-refractivity contribution in [3.63, 3.8) is 0 Å². The van der Waals surface area contributed by atoms with Gasteiger partial charge in [0.25, 0.3) is 0 Å². The Morgan fingerprint density at radius 1 is 0.258 bits per heavy atom. The molecule has 12 rings (SSSR count). The van der Waals surface area contributed by atoms with Crippen LogP contribution in [0.3, 0.4) is 0 Å². The van der Waals surface area contributed by atoms with Crippen LogP contribution in [0, 0.1) is 0 Å². The first-order chi connectivity index (χ1) is 32.8. The molecule has 11 aromatic carbocycles. The highest BCUT2D eigenvalue weighted by molar-refractivity contribution is 6.09. The molecule has 0 radical (unpaired) electrons. The van der Waals surface area contributed by atoms with Gasteiger partial charge in [0, 0.05) is 16.9 Å². The molecule has 0 fully saturated rings. The molecule has 0 bridgehead atoms. The molecule has 310 valence electrons. The van der Waals surface area contributed by atoms with E-state index >= 15 is 0 Å². The zero-order valence-electron chi connectivity index (χ0n) is 36.4. The Kier molecular flexibility index (Phi) is 9.81. The zero-order valence-corrected chi connectivity index (χ0v) is 36.4. The Labute approximate surface area is 387 Å². The average molecular weight is 840 g/mol. The summed E-state index contributed by atoms with van der Waals surface area (Å²) in [6, 6.07) is 99.9. The molecule has 0 amide bonds. The molecule has 0 saturated carbocycles. The van der Waals surface area contributed by atoms with Gasteiger partial charge < -0.3 is 4.90 Å². The predicted octanol–water partition coefficient (Wildman–Crippen LogP) is 17.3. The number of rotatable bonds is 9. The molecule has 1 aliphatic carbocycles. The maximum absolute atomic E-state index is 2.45. The number of nitrogens with zero attached hydrogens (tertiary/aromatic N) is 1. The van der Waals surface area contributed by atoms with E-state index in [1.165, 1.54) is 88.7 Å². The van der Waals surface area contributed by atoms with Crippen molar-refractivity contribution in [1.82, 2.24) is 0 Å². The molecule has 0 aromatic heterocycles. The standard InChI is InChI=1S/C65H45N/c1-5-19-46(20-6-1)47-35-40-54(41-36-47)66(63-34-16-14-30-59(63)60-32-18-24-50-23-17-31-56(64(50)60)49-21-7-2-8-22-49)55-42-37-48(38-43-55)51-39-44-58-57-29-13-15-33-61(57)65(62(58)45-51,52-25-9-3-10-26-52)53-27-11-4-12-28-53/h1-45H. The number of hydrogen-bond acceptors (Lipinski definition) is 1. The summed E-state index contributed by atoms with van der Waals surface area (Å²) >= 11 is 0. The zero-order chi connectivity index (χ0) is 43.9. The van der Waals surface area contributed by atoms with Crippen LogP contribution in [-0.2, 0) is 5.41 Å². The second-order valence-corrected chi connectivity index (χ2v) is 17.2. The van der Waals surface area contributed by atoms with Gasteiger partial charge in [0.1, 0.15) is 0 Å². The molecular weight excluding hydrogens is 795 g/mol. The lowest BCUT2D eigenvalue weighted by atomic mass is 9.67. The van der Waals surface area contributed by atoms with E-state index in [0.717, 1.165) is 17.1 Å². The number of para-hydroxylation sites is 1. The predicted molar refractivity (Wildman–Crippen MR) is 278 cm³/mol. The molecule has 1 nitrogen and oxygen atoms in total. The Morgan fingerprint density at radius 2 is 0.697 bits per heavy atom. The van der Waals surface area contributed by atoms with E-state index in [1.807, 2.05) is 0 Å². The molecule has 1 heteroatoms. The van der Waals surface area contributed by atoms with Crippen molar-refractivity contribution >= 4 is 27.8 Å². The van der Waals surface area contributed by atoms with Crippen LogP contribution in [0.5, 0.6) is 0 Å². The fraction of sp³-hybridized carbons (Fsp3) is 0.0154. The first kappa shape index (κ1) is 39.1. The summed E-state index contributed by atoms with van der Waals surface area (Å²) in [5.74, 6) is 0. The number of hydrogen-bond donors (Lipinski definition) is 0. The third-order valence-electron chi connectivity index (χ3n) is 13.6. The molecule has 0 spiro atoms. The number of benzene rings is 11. The number of anilines is 3. The molecule has 0 N–H and O–H groups in total. The van der Waals surface area contributed by atoms with Crippen molar-refractivity contribution in [2.75, 3.05) is 4.90 Å². The highest BCUT2D eigenvalue weighted by Crippen LogP contribution is 2.57. The first-order valence-electron chi connectivity index (χ1n) is 22.8. The lowest BCUT2D eigenvalue weighted by Crippen LogP contribution is -2.28. The lowest BCUT2D eigenvalue weighted by molar-refractivity contribution is 0.769. The summed E-state index contributed by atoms with van der Waals surface area (Å²) in [5.41, 5.74) is 20.1. The highest BCUT2D eigenvalue weighted by atomic mass is 15.1. The minimum Gasteiger partial charge on any atom is -0.310 e. The van der Waals surface area contributed by atoms with Crippen molar-refractivity contribution in [3.05, 3.63) is 295 Å². The van der Waals surface area contributed by atoms with E-state index in [4.69, 9.17) is 0 Å². The van der Waals surface area contributed by atoms with E-state index in [-0.39, 0.29) is 0 Å². The van der Waals surface area contributed by atoms with E-state index in [0.29, 0.717) is 0 Å². The molecule has 0 unspecified atom stereocenters.